The fourth-order valence-corrected chi connectivity index (χ4v) is 1.89. The van der Waals surface area contributed by atoms with Gasteiger partial charge in [0.15, 0.2) is 0 Å². The van der Waals surface area contributed by atoms with E-state index in [4.69, 9.17) is 0 Å². The lowest BCUT2D eigenvalue weighted by molar-refractivity contribution is 0.833. The lowest BCUT2D eigenvalue weighted by Gasteiger charge is -2.05. The van der Waals surface area contributed by atoms with Crippen LogP contribution in [0.1, 0.15) is 22.4 Å². The van der Waals surface area contributed by atoms with E-state index < -0.39 is 0 Å². The van der Waals surface area contributed by atoms with Gasteiger partial charge in [-0.05, 0) is 44.0 Å². The van der Waals surface area contributed by atoms with Gasteiger partial charge in [0.2, 0.25) is 0 Å². The van der Waals surface area contributed by atoms with Crippen molar-refractivity contribution >= 4 is 6.21 Å². The Bertz CT molecular complexity index is 662. The first kappa shape index (κ1) is 12.4. The Hall–Kier alpha value is -2.10. The number of aromatic amines is 1. The Labute approximate surface area is 106 Å². The zero-order chi connectivity index (χ0) is 13.3. The number of hydrogen-bond acceptors (Lipinski definition) is 2. The number of H-pyrrole nitrogens is 1. The van der Waals surface area contributed by atoms with E-state index in [0.29, 0.717) is 5.56 Å². The van der Waals surface area contributed by atoms with Crippen LogP contribution in [0.5, 0.6) is 0 Å². The van der Waals surface area contributed by atoms with Crippen LogP contribution in [-0.2, 0) is 0 Å². The van der Waals surface area contributed by atoms with Gasteiger partial charge in [-0.3, -0.25) is 14.9 Å². The summed E-state index contributed by atoms with van der Waals surface area (Å²) in [6.45, 7) is 5.96. The summed E-state index contributed by atoms with van der Waals surface area (Å²) >= 11 is 0. The topological polar surface area (TPSA) is 50.1 Å². The average Bonchev–Trinajstić information content (AvgIpc) is 2.61. The Morgan fingerprint density at radius 2 is 1.94 bits per heavy atom. The van der Waals surface area contributed by atoms with E-state index in [-0.39, 0.29) is 5.56 Å². The number of aryl methyl sites for hydroxylation is 3. The van der Waals surface area contributed by atoms with Gasteiger partial charge in [0.05, 0.1) is 11.3 Å². The molecule has 4 nitrogen and oxygen atoms in total. The van der Waals surface area contributed by atoms with Gasteiger partial charge in [-0.15, -0.1) is 0 Å². The molecule has 0 fully saturated rings. The van der Waals surface area contributed by atoms with Crippen molar-refractivity contribution in [3.63, 3.8) is 0 Å². The van der Waals surface area contributed by atoms with Gasteiger partial charge in [0.1, 0.15) is 0 Å². The largest absolute Gasteiger partial charge is 0.296 e. The van der Waals surface area contributed by atoms with E-state index in [0.717, 1.165) is 16.9 Å². The van der Waals surface area contributed by atoms with Gasteiger partial charge >= 0.3 is 0 Å². The van der Waals surface area contributed by atoms with E-state index in [9.17, 15) is 4.79 Å². The summed E-state index contributed by atoms with van der Waals surface area (Å²) < 4.78 is 1.55. The molecular formula is C14H17N3O. The summed E-state index contributed by atoms with van der Waals surface area (Å²) in [5.41, 5.74) is 4.59. The molecule has 1 aromatic carbocycles. The maximum atomic E-state index is 12.2. The molecule has 94 valence electrons. The maximum Gasteiger partial charge on any atom is 0.280 e. The molecule has 1 N–H and O–H groups in total. The third-order valence-corrected chi connectivity index (χ3v) is 3.12. The predicted octanol–water partition coefficient (Wildman–Crippen LogP) is 2.14. The van der Waals surface area contributed by atoms with Crippen molar-refractivity contribution < 1.29 is 0 Å². The van der Waals surface area contributed by atoms with Crippen LogP contribution < -0.4 is 5.56 Å². The van der Waals surface area contributed by atoms with E-state index in [1.807, 2.05) is 32.0 Å². The number of aliphatic imine (C=N–C) groups is 1. The smallest absolute Gasteiger partial charge is 0.280 e. The molecule has 0 aliphatic rings. The summed E-state index contributed by atoms with van der Waals surface area (Å²) in [7, 11) is 1.66. The summed E-state index contributed by atoms with van der Waals surface area (Å²) in [5, 5.41) is 3.07. The van der Waals surface area contributed by atoms with Gasteiger partial charge in [-0.1, -0.05) is 6.07 Å². The number of nitrogens with zero attached hydrogens (tertiary/aromatic N) is 2. The Kier molecular flexibility index (Phi) is 3.19. The first-order valence-electron chi connectivity index (χ1n) is 5.86. The van der Waals surface area contributed by atoms with Crippen LogP contribution in [0.2, 0.25) is 0 Å². The average molecular weight is 243 g/mol. The van der Waals surface area contributed by atoms with E-state index in [2.05, 4.69) is 17.0 Å². The molecule has 0 atom stereocenters. The predicted molar refractivity (Wildman–Crippen MR) is 74.1 cm³/mol. The van der Waals surface area contributed by atoms with Gasteiger partial charge < -0.3 is 0 Å². The van der Waals surface area contributed by atoms with Crippen molar-refractivity contribution in [1.29, 1.82) is 0 Å². The minimum absolute atomic E-state index is 0.0682. The number of nitrogens with one attached hydrogen (secondary N) is 1. The van der Waals surface area contributed by atoms with Crippen LogP contribution in [0.15, 0.2) is 28.0 Å². The Morgan fingerprint density at radius 3 is 2.56 bits per heavy atom. The monoisotopic (exact) mass is 243 g/mol. The molecule has 0 spiro atoms. The first-order valence-corrected chi connectivity index (χ1v) is 5.86. The van der Waals surface area contributed by atoms with Crippen LogP contribution in [0.3, 0.4) is 0 Å². The van der Waals surface area contributed by atoms with Crippen molar-refractivity contribution in [3.05, 3.63) is 50.9 Å². The molecule has 0 aliphatic heterocycles. The normalized spacial score (nSPS) is 11.3. The summed E-state index contributed by atoms with van der Waals surface area (Å²) in [6, 6.07) is 5.95. The molecule has 0 saturated heterocycles. The summed E-state index contributed by atoms with van der Waals surface area (Å²) in [4.78, 5) is 16.1. The summed E-state index contributed by atoms with van der Waals surface area (Å²) in [6.07, 6.45) is 1.59. The van der Waals surface area contributed by atoms with Gasteiger partial charge in [0.25, 0.3) is 5.56 Å². The minimum Gasteiger partial charge on any atom is -0.296 e. The van der Waals surface area contributed by atoms with Crippen molar-refractivity contribution in [1.82, 2.24) is 9.78 Å². The fraction of sp³-hybridized carbons (Fsp3) is 0.286. The van der Waals surface area contributed by atoms with Crippen LogP contribution in [0.25, 0.3) is 5.69 Å². The molecule has 2 aromatic rings. The fourth-order valence-electron chi connectivity index (χ4n) is 1.89. The highest BCUT2D eigenvalue weighted by molar-refractivity contribution is 5.80. The second-order valence-electron chi connectivity index (χ2n) is 4.45. The van der Waals surface area contributed by atoms with Crippen LogP contribution in [0.4, 0.5) is 0 Å². The molecule has 0 unspecified atom stereocenters. The first-order chi connectivity index (χ1) is 8.54. The van der Waals surface area contributed by atoms with E-state index >= 15 is 0 Å². The van der Waals surface area contributed by atoms with E-state index in [1.54, 1.807) is 17.9 Å². The molecule has 1 aromatic heterocycles. The maximum absolute atomic E-state index is 12.2. The number of aromatic nitrogens is 2. The molecule has 0 amide bonds. The standard InChI is InChI=1S/C14H17N3O/c1-9-5-6-12(7-10(9)2)17-14(18)13(8-15-4)11(3)16-17/h5-8,16H,1-4H3. The zero-order valence-corrected chi connectivity index (χ0v) is 11.1. The van der Waals surface area contributed by atoms with Crippen molar-refractivity contribution in [2.45, 2.75) is 20.8 Å². The Balaban J connectivity index is 2.61. The minimum atomic E-state index is -0.0682. The second-order valence-corrected chi connectivity index (χ2v) is 4.45. The highest BCUT2D eigenvalue weighted by Crippen LogP contribution is 2.12. The molecule has 0 saturated carbocycles. The molecule has 0 aliphatic carbocycles. The number of benzene rings is 1. The van der Waals surface area contributed by atoms with Gasteiger partial charge in [0, 0.05) is 19.0 Å². The van der Waals surface area contributed by atoms with Gasteiger partial charge in [-0.2, -0.15) is 0 Å². The van der Waals surface area contributed by atoms with Crippen LogP contribution >= 0.6 is 0 Å². The Morgan fingerprint density at radius 1 is 1.22 bits per heavy atom. The molecule has 4 heteroatoms. The lowest BCUT2D eigenvalue weighted by Crippen LogP contribution is -2.17. The summed E-state index contributed by atoms with van der Waals surface area (Å²) in [5.74, 6) is 0. The molecule has 0 bridgehead atoms. The SMILES string of the molecule is CN=Cc1c(C)[nH]n(-c2ccc(C)c(C)c2)c1=O. The molecule has 18 heavy (non-hydrogen) atoms. The highest BCUT2D eigenvalue weighted by atomic mass is 16.1. The van der Waals surface area contributed by atoms with Crippen molar-refractivity contribution in [2.24, 2.45) is 4.99 Å². The molecular weight excluding hydrogens is 226 g/mol. The highest BCUT2D eigenvalue weighted by Gasteiger charge is 2.10. The molecule has 1 heterocycles. The van der Waals surface area contributed by atoms with Gasteiger partial charge in [-0.25, -0.2) is 4.68 Å². The lowest BCUT2D eigenvalue weighted by atomic mass is 10.1. The van der Waals surface area contributed by atoms with Crippen LogP contribution in [0, 0.1) is 20.8 Å². The van der Waals surface area contributed by atoms with Crippen molar-refractivity contribution in [2.75, 3.05) is 7.05 Å². The van der Waals surface area contributed by atoms with Crippen LogP contribution in [-0.4, -0.2) is 23.0 Å². The quantitative estimate of drug-likeness (QED) is 0.807. The zero-order valence-electron chi connectivity index (χ0n) is 11.1. The molecule has 2 rings (SSSR count). The van der Waals surface area contributed by atoms with E-state index in [1.165, 1.54) is 5.56 Å². The molecule has 0 radical (unpaired) electrons. The third kappa shape index (κ3) is 2.01. The second kappa shape index (κ2) is 4.64. The third-order valence-electron chi connectivity index (χ3n) is 3.12. The number of rotatable bonds is 2. The van der Waals surface area contributed by atoms with Crippen molar-refractivity contribution in [3.8, 4) is 5.69 Å². The number of hydrogen-bond donors (Lipinski definition) is 1.